The number of aryl methyl sites for hydroxylation is 1. The van der Waals surface area contributed by atoms with E-state index in [-0.39, 0.29) is 11.4 Å². The lowest BCUT2D eigenvalue weighted by Crippen LogP contribution is -2.09. The van der Waals surface area contributed by atoms with Crippen molar-refractivity contribution >= 4 is 22.5 Å². The van der Waals surface area contributed by atoms with Crippen LogP contribution in [-0.2, 0) is 0 Å². The van der Waals surface area contributed by atoms with E-state index in [0.717, 1.165) is 5.56 Å². The number of hydrogen-bond acceptors (Lipinski definition) is 2. The van der Waals surface area contributed by atoms with Crippen LogP contribution < -0.4 is 5.56 Å². The maximum atomic E-state index is 11.7. The van der Waals surface area contributed by atoms with Crippen molar-refractivity contribution in [1.82, 2.24) is 9.97 Å². The molecule has 4 heteroatoms. The number of nitrogens with one attached hydrogen (secondary N) is 1. The number of rotatable bonds is 0. The van der Waals surface area contributed by atoms with Crippen molar-refractivity contribution in [2.45, 2.75) is 6.92 Å². The van der Waals surface area contributed by atoms with Crippen LogP contribution in [0.3, 0.4) is 0 Å². The van der Waals surface area contributed by atoms with Crippen LogP contribution in [-0.4, -0.2) is 15.8 Å². The third-order valence-corrected chi connectivity index (χ3v) is 2.26. The van der Waals surface area contributed by atoms with Gasteiger partial charge in [-0.1, -0.05) is 11.8 Å². The normalized spacial score (nSPS) is 9.88. The number of benzene rings is 1. The highest BCUT2D eigenvalue weighted by Gasteiger charge is 2.01. The standard InChI is InChI=1S/C12H9ClN2O/c1-8-14-11-5-4-9(3-2-6-13)7-10(11)12(16)15-8/h4-5,7H,6H2,1H3,(H,14,15,16). The zero-order chi connectivity index (χ0) is 11.5. The lowest BCUT2D eigenvalue weighted by molar-refractivity contribution is 1.06. The van der Waals surface area contributed by atoms with Crippen LogP contribution in [0.4, 0.5) is 0 Å². The van der Waals surface area contributed by atoms with Gasteiger partial charge in [0, 0.05) is 5.56 Å². The third-order valence-electron chi connectivity index (χ3n) is 2.12. The molecule has 0 saturated heterocycles. The topological polar surface area (TPSA) is 45.8 Å². The lowest BCUT2D eigenvalue weighted by Gasteiger charge is -1.98. The Morgan fingerprint density at radius 2 is 2.31 bits per heavy atom. The highest BCUT2D eigenvalue weighted by atomic mass is 35.5. The molecule has 0 bridgehead atoms. The van der Waals surface area contributed by atoms with E-state index < -0.39 is 0 Å². The van der Waals surface area contributed by atoms with Crippen molar-refractivity contribution in [3.8, 4) is 11.8 Å². The molecule has 0 unspecified atom stereocenters. The van der Waals surface area contributed by atoms with Gasteiger partial charge in [-0.3, -0.25) is 4.79 Å². The van der Waals surface area contributed by atoms with Crippen LogP contribution in [0.1, 0.15) is 11.4 Å². The van der Waals surface area contributed by atoms with Crippen LogP contribution in [0.15, 0.2) is 23.0 Å². The van der Waals surface area contributed by atoms with Crippen molar-refractivity contribution in [3.63, 3.8) is 0 Å². The van der Waals surface area contributed by atoms with Crippen molar-refractivity contribution in [1.29, 1.82) is 0 Å². The number of halogens is 1. The Hall–Kier alpha value is -1.79. The number of alkyl halides is 1. The minimum Gasteiger partial charge on any atom is -0.310 e. The average Bonchev–Trinajstić information content (AvgIpc) is 2.26. The number of hydrogen-bond donors (Lipinski definition) is 1. The van der Waals surface area contributed by atoms with Gasteiger partial charge in [-0.25, -0.2) is 4.98 Å². The summed E-state index contributed by atoms with van der Waals surface area (Å²) >= 11 is 5.47. The SMILES string of the molecule is Cc1nc2ccc(C#CCCl)cc2c(=O)[nH]1. The van der Waals surface area contributed by atoms with Gasteiger partial charge in [0.25, 0.3) is 5.56 Å². The maximum Gasteiger partial charge on any atom is 0.258 e. The predicted octanol–water partition coefficient (Wildman–Crippen LogP) is 1.82. The molecule has 1 N–H and O–H groups in total. The Balaban J connectivity index is 2.67. The van der Waals surface area contributed by atoms with Gasteiger partial charge in [-0.2, -0.15) is 0 Å². The number of H-pyrrole nitrogens is 1. The fourth-order valence-electron chi connectivity index (χ4n) is 1.47. The van der Waals surface area contributed by atoms with E-state index in [1.807, 2.05) is 6.07 Å². The first-order valence-electron chi connectivity index (χ1n) is 4.76. The molecule has 16 heavy (non-hydrogen) atoms. The average molecular weight is 233 g/mol. The fourth-order valence-corrected chi connectivity index (χ4v) is 1.54. The summed E-state index contributed by atoms with van der Waals surface area (Å²) in [5, 5.41) is 0.548. The maximum absolute atomic E-state index is 11.7. The molecule has 0 aliphatic carbocycles. The molecule has 0 saturated carbocycles. The first-order valence-corrected chi connectivity index (χ1v) is 5.29. The molecule has 1 aromatic carbocycles. The summed E-state index contributed by atoms with van der Waals surface area (Å²) in [5.74, 6) is 6.50. The zero-order valence-corrected chi connectivity index (χ0v) is 9.43. The monoisotopic (exact) mass is 232 g/mol. The number of aromatic amines is 1. The molecule has 0 spiro atoms. The lowest BCUT2D eigenvalue weighted by atomic mass is 10.1. The van der Waals surface area contributed by atoms with Crippen LogP contribution in [0.2, 0.25) is 0 Å². The molecular weight excluding hydrogens is 224 g/mol. The van der Waals surface area contributed by atoms with Gasteiger partial charge in [0.15, 0.2) is 0 Å². The molecule has 1 heterocycles. The van der Waals surface area contributed by atoms with E-state index in [9.17, 15) is 4.79 Å². The van der Waals surface area contributed by atoms with Gasteiger partial charge in [-0.15, -0.1) is 11.6 Å². The zero-order valence-electron chi connectivity index (χ0n) is 8.67. The molecule has 0 fully saturated rings. The summed E-state index contributed by atoms with van der Waals surface area (Å²) in [6.07, 6.45) is 0. The quantitative estimate of drug-likeness (QED) is 0.556. The van der Waals surface area contributed by atoms with E-state index in [1.165, 1.54) is 0 Å². The van der Waals surface area contributed by atoms with Gasteiger partial charge in [0.1, 0.15) is 5.82 Å². The van der Waals surface area contributed by atoms with Gasteiger partial charge in [-0.05, 0) is 25.1 Å². The second kappa shape index (κ2) is 4.38. The highest BCUT2D eigenvalue weighted by molar-refractivity contribution is 6.19. The summed E-state index contributed by atoms with van der Waals surface area (Å²) in [6.45, 7) is 1.75. The molecule has 0 radical (unpaired) electrons. The molecule has 80 valence electrons. The van der Waals surface area contributed by atoms with Gasteiger partial charge < -0.3 is 4.98 Å². The van der Waals surface area contributed by atoms with E-state index in [0.29, 0.717) is 16.7 Å². The number of aromatic nitrogens is 2. The van der Waals surface area contributed by atoms with Gasteiger partial charge in [0.05, 0.1) is 16.8 Å². The van der Waals surface area contributed by atoms with E-state index in [1.54, 1.807) is 19.1 Å². The van der Waals surface area contributed by atoms with E-state index in [2.05, 4.69) is 21.8 Å². The molecule has 2 rings (SSSR count). The molecule has 3 nitrogen and oxygen atoms in total. The predicted molar refractivity (Wildman–Crippen MR) is 64.7 cm³/mol. The minimum absolute atomic E-state index is 0.142. The third kappa shape index (κ3) is 2.07. The molecule has 2 aromatic rings. The fraction of sp³-hybridized carbons (Fsp3) is 0.167. The second-order valence-electron chi connectivity index (χ2n) is 3.32. The largest absolute Gasteiger partial charge is 0.310 e. The number of fused-ring (bicyclic) bond motifs is 1. The van der Waals surface area contributed by atoms with Crippen molar-refractivity contribution in [3.05, 3.63) is 39.9 Å². The molecule has 0 aliphatic rings. The number of nitrogens with zero attached hydrogens (tertiary/aromatic N) is 1. The Bertz CT molecular complexity index is 649. The Morgan fingerprint density at radius 1 is 1.50 bits per heavy atom. The summed E-state index contributed by atoms with van der Waals surface area (Å²) in [5.41, 5.74) is 1.30. The molecule has 0 aliphatic heterocycles. The Kier molecular flexibility index (Phi) is 2.93. The summed E-state index contributed by atoms with van der Waals surface area (Å²) in [7, 11) is 0. The van der Waals surface area contributed by atoms with Crippen LogP contribution in [0.25, 0.3) is 10.9 Å². The summed E-state index contributed by atoms with van der Waals surface area (Å²) in [6, 6.07) is 5.34. The smallest absolute Gasteiger partial charge is 0.258 e. The molecule has 0 amide bonds. The first kappa shape index (κ1) is 10.7. The van der Waals surface area contributed by atoms with E-state index >= 15 is 0 Å². The van der Waals surface area contributed by atoms with Crippen LogP contribution >= 0.6 is 11.6 Å². The first-order chi connectivity index (χ1) is 7.70. The van der Waals surface area contributed by atoms with Crippen molar-refractivity contribution in [2.24, 2.45) is 0 Å². The molecular formula is C12H9ClN2O. The summed E-state index contributed by atoms with van der Waals surface area (Å²) in [4.78, 5) is 18.5. The van der Waals surface area contributed by atoms with Crippen molar-refractivity contribution < 1.29 is 0 Å². The van der Waals surface area contributed by atoms with Gasteiger partial charge >= 0.3 is 0 Å². The van der Waals surface area contributed by atoms with Crippen molar-refractivity contribution in [2.75, 3.05) is 5.88 Å². The minimum atomic E-state index is -0.142. The Labute approximate surface area is 97.5 Å². The summed E-state index contributed by atoms with van der Waals surface area (Å²) < 4.78 is 0. The molecule has 1 aromatic heterocycles. The Morgan fingerprint density at radius 3 is 3.06 bits per heavy atom. The van der Waals surface area contributed by atoms with Gasteiger partial charge in [0.2, 0.25) is 0 Å². The van der Waals surface area contributed by atoms with Crippen LogP contribution in [0, 0.1) is 18.8 Å². The second-order valence-corrected chi connectivity index (χ2v) is 3.59. The highest BCUT2D eigenvalue weighted by Crippen LogP contribution is 2.09. The van der Waals surface area contributed by atoms with E-state index in [4.69, 9.17) is 11.6 Å². The molecule has 0 atom stereocenters. The van der Waals surface area contributed by atoms with Crippen LogP contribution in [0.5, 0.6) is 0 Å².